The molecule has 0 aliphatic carbocycles. The van der Waals surface area contributed by atoms with Gasteiger partial charge in [0.05, 0.1) is 26.1 Å². The largest absolute Gasteiger partial charge is 0.497 e. The van der Waals surface area contributed by atoms with Gasteiger partial charge in [-0.05, 0) is 29.8 Å². The topological polar surface area (TPSA) is 92.9 Å². The van der Waals surface area contributed by atoms with Crippen molar-refractivity contribution in [2.75, 3.05) is 13.7 Å². The van der Waals surface area contributed by atoms with E-state index >= 15 is 0 Å². The summed E-state index contributed by atoms with van der Waals surface area (Å²) in [6, 6.07) is 10.3. The van der Waals surface area contributed by atoms with E-state index in [1.165, 1.54) is 18.5 Å². The molecule has 114 valence electrons. The molecule has 0 aliphatic rings. The Morgan fingerprint density at radius 1 is 1.32 bits per heavy atom. The van der Waals surface area contributed by atoms with Gasteiger partial charge in [-0.25, -0.2) is 5.43 Å². The monoisotopic (exact) mass is 301 g/mol. The molecule has 0 spiro atoms. The van der Waals surface area contributed by atoms with Gasteiger partial charge in [-0.2, -0.15) is 5.10 Å². The SMILES string of the molecule is COc1cccc(/C=N/NC(=O)CNC(=O)c2ccco2)c1. The average Bonchev–Trinajstić information content (AvgIpc) is 3.07. The zero-order valence-electron chi connectivity index (χ0n) is 11.9. The highest BCUT2D eigenvalue weighted by Gasteiger charge is 2.09. The minimum atomic E-state index is -0.461. The summed E-state index contributed by atoms with van der Waals surface area (Å²) in [5.74, 6) is -0.0651. The number of furan rings is 1. The first-order valence-corrected chi connectivity index (χ1v) is 6.46. The molecule has 0 unspecified atom stereocenters. The maximum atomic E-state index is 11.5. The lowest BCUT2D eigenvalue weighted by molar-refractivity contribution is -0.120. The van der Waals surface area contributed by atoms with Gasteiger partial charge < -0.3 is 14.5 Å². The highest BCUT2D eigenvalue weighted by atomic mass is 16.5. The molecule has 2 rings (SSSR count). The van der Waals surface area contributed by atoms with E-state index in [4.69, 9.17) is 9.15 Å². The summed E-state index contributed by atoms with van der Waals surface area (Å²) in [6.07, 6.45) is 2.86. The van der Waals surface area contributed by atoms with Gasteiger partial charge in [0, 0.05) is 0 Å². The number of amides is 2. The van der Waals surface area contributed by atoms with Gasteiger partial charge >= 0.3 is 0 Å². The Hall–Kier alpha value is -3.09. The first kappa shape index (κ1) is 15.3. The molecule has 0 aliphatic heterocycles. The van der Waals surface area contributed by atoms with Crippen LogP contribution in [0.4, 0.5) is 0 Å². The lowest BCUT2D eigenvalue weighted by atomic mass is 10.2. The summed E-state index contributed by atoms with van der Waals surface area (Å²) >= 11 is 0. The Balaban J connectivity index is 1.77. The van der Waals surface area contributed by atoms with E-state index in [1.807, 2.05) is 12.1 Å². The molecule has 1 aromatic heterocycles. The van der Waals surface area contributed by atoms with Crippen LogP contribution in [0.2, 0.25) is 0 Å². The van der Waals surface area contributed by atoms with Crippen LogP contribution in [-0.2, 0) is 4.79 Å². The number of benzene rings is 1. The number of methoxy groups -OCH3 is 1. The number of carbonyl (C=O) groups is 2. The van der Waals surface area contributed by atoms with E-state index < -0.39 is 11.8 Å². The standard InChI is InChI=1S/C15H15N3O4/c1-21-12-5-2-4-11(8-12)9-17-18-14(19)10-16-15(20)13-6-3-7-22-13/h2-9H,10H2,1H3,(H,16,20)(H,18,19)/b17-9+. The molecule has 1 aromatic carbocycles. The predicted molar refractivity (Wildman–Crippen MR) is 79.8 cm³/mol. The lowest BCUT2D eigenvalue weighted by Gasteiger charge is -2.02. The van der Waals surface area contributed by atoms with Crippen LogP contribution in [0.3, 0.4) is 0 Å². The third-order valence-electron chi connectivity index (χ3n) is 2.65. The molecule has 0 fully saturated rings. The second-order valence-electron chi connectivity index (χ2n) is 4.23. The van der Waals surface area contributed by atoms with Crippen LogP contribution >= 0.6 is 0 Å². The Labute approximate surface area is 127 Å². The molecule has 1 heterocycles. The molecule has 0 saturated carbocycles. The van der Waals surface area contributed by atoms with Crippen LogP contribution < -0.4 is 15.5 Å². The second kappa shape index (κ2) is 7.63. The van der Waals surface area contributed by atoms with Crippen LogP contribution in [0.1, 0.15) is 16.1 Å². The van der Waals surface area contributed by atoms with Crippen LogP contribution in [0.5, 0.6) is 5.75 Å². The van der Waals surface area contributed by atoms with Crippen molar-refractivity contribution in [3.8, 4) is 5.75 Å². The van der Waals surface area contributed by atoms with E-state index in [-0.39, 0.29) is 12.3 Å². The predicted octanol–water partition coefficient (Wildman–Crippen LogP) is 1.17. The quantitative estimate of drug-likeness (QED) is 0.618. The minimum Gasteiger partial charge on any atom is -0.497 e. The van der Waals surface area contributed by atoms with Gasteiger partial charge in [0.25, 0.3) is 11.8 Å². The summed E-state index contributed by atoms with van der Waals surface area (Å²) in [5.41, 5.74) is 3.09. The molecular weight excluding hydrogens is 286 g/mol. The van der Waals surface area contributed by atoms with E-state index in [2.05, 4.69) is 15.8 Å². The van der Waals surface area contributed by atoms with Crippen molar-refractivity contribution >= 4 is 18.0 Å². The van der Waals surface area contributed by atoms with E-state index in [1.54, 1.807) is 25.3 Å². The zero-order chi connectivity index (χ0) is 15.8. The summed E-state index contributed by atoms with van der Waals surface area (Å²) in [5, 5.41) is 6.22. The maximum Gasteiger partial charge on any atom is 0.287 e. The third-order valence-corrected chi connectivity index (χ3v) is 2.65. The van der Waals surface area contributed by atoms with Crippen LogP contribution in [0, 0.1) is 0 Å². The molecule has 0 atom stereocenters. The molecule has 2 amide bonds. The van der Waals surface area contributed by atoms with Crippen LogP contribution in [-0.4, -0.2) is 31.7 Å². The fourth-order valence-electron chi connectivity index (χ4n) is 1.60. The van der Waals surface area contributed by atoms with Gasteiger partial charge in [-0.15, -0.1) is 0 Å². The van der Waals surface area contributed by atoms with E-state index in [0.717, 1.165) is 5.56 Å². The molecule has 2 N–H and O–H groups in total. The molecular formula is C15H15N3O4. The molecule has 22 heavy (non-hydrogen) atoms. The fraction of sp³-hybridized carbons (Fsp3) is 0.133. The highest BCUT2D eigenvalue weighted by Crippen LogP contribution is 2.10. The number of hydrazone groups is 1. The van der Waals surface area contributed by atoms with Crippen LogP contribution in [0.15, 0.2) is 52.2 Å². The Kier molecular flexibility index (Phi) is 5.31. The first-order chi connectivity index (χ1) is 10.7. The zero-order valence-corrected chi connectivity index (χ0v) is 11.9. The summed E-state index contributed by atoms with van der Waals surface area (Å²) in [7, 11) is 1.57. The molecule has 7 heteroatoms. The molecule has 0 saturated heterocycles. The molecule has 0 radical (unpaired) electrons. The van der Waals surface area contributed by atoms with Crippen LogP contribution in [0.25, 0.3) is 0 Å². The normalized spacial score (nSPS) is 10.4. The highest BCUT2D eigenvalue weighted by molar-refractivity contribution is 5.94. The van der Waals surface area contributed by atoms with Crippen molar-refractivity contribution in [1.29, 1.82) is 0 Å². The molecule has 7 nitrogen and oxygen atoms in total. The fourth-order valence-corrected chi connectivity index (χ4v) is 1.60. The first-order valence-electron chi connectivity index (χ1n) is 6.46. The molecule has 0 bridgehead atoms. The van der Waals surface area contributed by atoms with Crippen molar-refractivity contribution in [2.24, 2.45) is 5.10 Å². The van der Waals surface area contributed by atoms with Gasteiger partial charge in [0.2, 0.25) is 0 Å². The Bertz CT molecular complexity index is 665. The number of hydrogen-bond acceptors (Lipinski definition) is 5. The van der Waals surface area contributed by atoms with Crippen molar-refractivity contribution in [3.05, 3.63) is 54.0 Å². The lowest BCUT2D eigenvalue weighted by Crippen LogP contribution is -2.34. The second-order valence-corrected chi connectivity index (χ2v) is 4.23. The van der Waals surface area contributed by atoms with Crippen molar-refractivity contribution in [1.82, 2.24) is 10.7 Å². The van der Waals surface area contributed by atoms with Gasteiger partial charge in [0.1, 0.15) is 5.75 Å². The Morgan fingerprint density at radius 3 is 2.91 bits per heavy atom. The summed E-state index contributed by atoms with van der Waals surface area (Å²) in [6.45, 7) is -0.199. The number of hydrogen-bond donors (Lipinski definition) is 2. The smallest absolute Gasteiger partial charge is 0.287 e. The van der Waals surface area contributed by atoms with E-state index in [9.17, 15) is 9.59 Å². The maximum absolute atomic E-state index is 11.5. The third kappa shape index (κ3) is 4.48. The van der Waals surface area contributed by atoms with Crippen molar-refractivity contribution < 1.29 is 18.7 Å². The van der Waals surface area contributed by atoms with Gasteiger partial charge in [-0.1, -0.05) is 12.1 Å². The number of nitrogens with zero attached hydrogens (tertiary/aromatic N) is 1. The number of ether oxygens (including phenoxy) is 1. The Morgan fingerprint density at radius 2 is 2.18 bits per heavy atom. The minimum absolute atomic E-state index is 0.146. The van der Waals surface area contributed by atoms with Gasteiger partial charge in [0.15, 0.2) is 5.76 Å². The average molecular weight is 301 g/mol. The van der Waals surface area contributed by atoms with Crippen molar-refractivity contribution in [3.63, 3.8) is 0 Å². The van der Waals surface area contributed by atoms with Gasteiger partial charge in [-0.3, -0.25) is 9.59 Å². The summed E-state index contributed by atoms with van der Waals surface area (Å²) < 4.78 is 9.98. The number of carbonyl (C=O) groups excluding carboxylic acids is 2. The number of nitrogens with one attached hydrogen (secondary N) is 2. The van der Waals surface area contributed by atoms with Crippen molar-refractivity contribution in [2.45, 2.75) is 0 Å². The number of rotatable bonds is 6. The summed E-state index contributed by atoms with van der Waals surface area (Å²) in [4.78, 5) is 23.1. The molecule has 2 aromatic rings. The van der Waals surface area contributed by atoms with E-state index in [0.29, 0.717) is 5.75 Å².